The van der Waals surface area contributed by atoms with E-state index in [0.717, 1.165) is 31.6 Å². The standard InChI is InChI=1S/C18H26N2O/c1-14-13-16(20-11-5-6-12-20)9-10-17(14)19-18(21)15-7-3-2-4-8-15/h9-10,13,15H,2-8,11-12H2,1H3,(H,19,21). The van der Waals surface area contributed by atoms with Crippen LogP contribution in [0.15, 0.2) is 18.2 Å². The monoisotopic (exact) mass is 286 g/mol. The van der Waals surface area contributed by atoms with Gasteiger partial charge in [0.1, 0.15) is 0 Å². The van der Waals surface area contributed by atoms with Gasteiger partial charge in [-0.1, -0.05) is 19.3 Å². The van der Waals surface area contributed by atoms with Gasteiger partial charge < -0.3 is 10.2 Å². The quantitative estimate of drug-likeness (QED) is 0.906. The average Bonchev–Trinajstić information content (AvgIpc) is 3.04. The summed E-state index contributed by atoms with van der Waals surface area (Å²) in [5.74, 6) is 0.433. The topological polar surface area (TPSA) is 32.3 Å². The van der Waals surface area contributed by atoms with Crippen LogP contribution in [0.5, 0.6) is 0 Å². The Balaban J connectivity index is 1.66. The molecule has 3 nitrogen and oxygen atoms in total. The first-order valence-corrected chi connectivity index (χ1v) is 8.40. The number of nitrogens with one attached hydrogen (secondary N) is 1. The van der Waals surface area contributed by atoms with Crippen molar-refractivity contribution in [1.82, 2.24) is 0 Å². The van der Waals surface area contributed by atoms with Crippen molar-refractivity contribution in [2.75, 3.05) is 23.3 Å². The first-order chi connectivity index (χ1) is 10.2. The average molecular weight is 286 g/mol. The normalized spacial score (nSPS) is 19.8. The van der Waals surface area contributed by atoms with Crippen molar-refractivity contribution >= 4 is 17.3 Å². The van der Waals surface area contributed by atoms with Gasteiger partial charge >= 0.3 is 0 Å². The van der Waals surface area contributed by atoms with E-state index in [1.165, 1.54) is 43.4 Å². The lowest BCUT2D eigenvalue weighted by molar-refractivity contribution is -0.120. The number of carbonyl (C=O) groups excluding carboxylic acids is 1. The molecule has 1 amide bonds. The number of hydrogen-bond donors (Lipinski definition) is 1. The molecule has 3 rings (SSSR count). The number of rotatable bonds is 3. The number of amides is 1. The highest BCUT2D eigenvalue weighted by atomic mass is 16.1. The molecule has 0 atom stereocenters. The van der Waals surface area contributed by atoms with Crippen LogP contribution in [0.3, 0.4) is 0 Å². The molecular formula is C18H26N2O. The Morgan fingerprint density at radius 1 is 1.10 bits per heavy atom. The maximum atomic E-state index is 12.3. The summed E-state index contributed by atoms with van der Waals surface area (Å²) in [5, 5.41) is 3.14. The minimum atomic E-state index is 0.215. The molecule has 1 N–H and O–H groups in total. The van der Waals surface area contributed by atoms with Gasteiger partial charge in [0.2, 0.25) is 5.91 Å². The zero-order valence-electron chi connectivity index (χ0n) is 13.0. The molecule has 2 fully saturated rings. The largest absolute Gasteiger partial charge is 0.372 e. The van der Waals surface area contributed by atoms with E-state index in [2.05, 4.69) is 35.3 Å². The van der Waals surface area contributed by atoms with Gasteiger partial charge in [0.05, 0.1) is 0 Å². The van der Waals surface area contributed by atoms with Gasteiger partial charge in [-0.3, -0.25) is 4.79 Å². The van der Waals surface area contributed by atoms with Crippen molar-refractivity contribution in [2.24, 2.45) is 5.92 Å². The molecule has 0 bridgehead atoms. The van der Waals surface area contributed by atoms with Crippen molar-refractivity contribution in [2.45, 2.75) is 51.9 Å². The van der Waals surface area contributed by atoms with E-state index in [-0.39, 0.29) is 11.8 Å². The molecule has 1 aromatic carbocycles. The number of hydrogen-bond acceptors (Lipinski definition) is 2. The van der Waals surface area contributed by atoms with Crippen LogP contribution in [0.25, 0.3) is 0 Å². The lowest BCUT2D eigenvalue weighted by Crippen LogP contribution is -2.25. The highest BCUT2D eigenvalue weighted by molar-refractivity contribution is 5.93. The summed E-state index contributed by atoms with van der Waals surface area (Å²) in [5.41, 5.74) is 3.44. The summed E-state index contributed by atoms with van der Waals surface area (Å²) >= 11 is 0. The second-order valence-electron chi connectivity index (χ2n) is 6.52. The highest BCUT2D eigenvalue weighted by Crippen LogP contribution is 2.28. The van der Waals surface area contributed by atoms with E-state index in [1.54, 1.807) is 0 Å². The Morgan fingerprint density at radius 3 is 2.48 bits per heavy atom. The van der Waals surface area contributed by atoms with Gasteiger partial charge in [-0.05, 0) is 56.4 Å². The van der Waals surface area contributed by atoms with Crippen molar-refractivity contribution in [3.05, 3.63) is 23.8 Å². The van der Waals surface area contributed by atoms with Crippen LogP contribution in [0, 0.1) is 12.8 Å². The van der Waals surface area contributed by atoms with Gasteiger partial charge in [-0.25, -0.2) is 0 Å². The molecule has 2 aliphatic rings. The molecule has 1 saturated carbocycles. The molecule has 1 heterocycles. The maximum Gasteiger partial charge on any atom is 0.227 e. The predicted octanol–water partition coefficient (Wildman–Crippen LogP) is 4.11. The zero-order chi connectivity index (χ0) is 14.7. The molecule has 21 heavy (non-hydrogen) atoms. The van der Waals surface area contributed by atoms with Gasteiger partial charge in [0.25, 0.3) is 0 Å². The molecule has 0 radical (unpaired) electrons. The van der Waals surface area contributed by atoms with E-state index in [9.17, 15) is 4.79 Å². The first kappa shape index (κ1) is 14.4. The number of anilines is 2. The Labute approximate surface area is 127 Å². The minimum Gasteiger partial charge on any atom is -0.372 e. The van der Waals surface area contributed by atoms with Crippen LogP contribution in [-0.4, -0.2) is 19.0 Å². The second kappa shape index (κ2) is 6.50. The molecule has 114 valence electrons. The minimum absolute atomic E-state index is 0.215. The molecular weight excluding hydrogens is 260 g/mol. The van der Waals surface area contributed by atoms with Crippen LogP contribution in [0.4, 0.5) is 11.4 Å². The fraction of sp³-hybridized carbons (Fsp3) is 0.611. The lowest BCUT2D eigenvalue weighted by atomic mass is 9.88. The Morgan fingerprint density at radius 2 is 1.81 bits per heavy atom. The fourth-order valence-corrected chi connectivity index (χ4v) is 3.56. The van der Waals surface area contributed by atoms with Crippen LogP contribution >= 0.6 is 0 Å². The number of nitrogens with zero attached hydrogens (tertiary/aromatic N) is 1. The molecule has 0 unspecified atom stereocenters. The van der Waals surface area contributed by atoms with E-state index >= 15 is 0 Å². The third-order valence-electron chi connectivity index (χ3n) is 4.92. The summed E-state index contributed by atoms with van der Waals surface area (Å²) in [6, 6.07) is 6.43. The van der Waals surface area contributed by atoms with Crippen molar-refractivity contribution in [3.63, 3.8) is 0 Å². The Hall–Kier alpha value is -1.51. The summed E-state index contributed by atoms with van der Waals surface area (Å²) in [4.78, 5) is 14.8. The third kappa shape index (κ3) is 3.39. The smallest absolute Gasteiger partial charge is 0.227 e. The van der Waals surface area contributed by atoms with Gasteiger partial charge in [0, 0.05) is 30.4 Å². The van der Waals surface area contributed by atoms with E-state index in [1.807, 2.05) is 0 Å². The summed E-state index contributed by atoms with van der Waals surface area (Å²) in [7, 11) is 0. The van der Waals surface area contributed by atoms with E-state index in [0.29, 0.717) is 0 Å². The molecule has 3 heteroatoms. The first-order valence-electron chi connectivity index (χ1n) is 8.40. The zero-order valence-corrected chi connectivity index (χ0v) is 13.0. The molecule has 1 aromatic rings. The van der Waals surface area contributed by atoms with Crippen LogP contribution in [0.1, 0.15) is 50.5 Å². The molecule has 0 spiro atoms. The molecule has 1 aliphatic heterocycles. The van der Waals surface area contributed by atoms with Crippen LogP contribution in [-0.2, 0) is 4.79 Å². The third-order valence-corrected chi connectivity index (χ3v) is 4.92. The fourth-order valence-electron chi connectivity index (χ4n) is 3.56. The molecule has 1 aliphatic carbocycles. The molecule has 0 aromatic heterocycles. The number of benzene rings is 1. The van der Waals surface area contributed by atoms with E-state index < -0.39 is 0 Å². The van der Waals surface area contributed by atoms with Crippen molar-refractivity contribution < 1.29 is 4.79 Å². The van der Waals surface area contributed by atoms with Gasteiger partial charge in [-0.2, -0.15) is 0 Å². The Kier molecular flexibility index (Phi) is 4.47. The SMILES string of the molecule is Cc1cc(N2CCCC2)ccc1NC(=O)C1CCCCC1. The maximum absolute atomic E-state index is 12.3. The second-order valence-corrected chi connectivity index (χ2v) is 6.52. The Bertz CT molecular complexity index is 500. The lowest BCUT2D eigenvalue weighted by Gasteiger charge is -2.22. The van der Waals surface area contributed by atoms with E-state index in [4.69, 9.17) is 0 Å². The summed E-state index contributed by atoms with van der Waals surface area (Å²) < 4.78 is 0. The number of carbonyl (C=O) groups is 1. The summed E-state index contributed by atoms with van der Waals surface area (Å²) in [6.07, 6.45) is 8.37. The predicted molar refractivity (Wildman–Crippen MR) is 87.8 cm³/mol. The number of aryl methyl sites for hydroxylation is 1. The van der Waals surface area contributed by atoms with Crippen LogP contribution in [0.2, 0.25) is 0 Å². The van der Waals surface area contributed by atoms with Gasteiger partial charge in [0.15, 0.2) is 0 Å². The van der Waals surface area contributed by atoms with Crippen molar-refractivity contribution in [1.29, 1.82) is 0 Å². The van der Waals surface area contributed by atoms with Crippen molar-refractivity contribution in [3.8, 4) is 0 Å². The molecule has 1 saturated heterocycles. The van der Waals surface area contributed by atoms with Gasteiger partial charge in [-0.15, -0.1) is 0 Å². The summed E-state index contributed by atoms with van der Waals surface area (Å²) in [6.45, 7) is 4.41. The van der Waals surface area contributed by atoms with Crippen LogP contribution < -0.4 is 10.2 Å². The highest BCUT2D eigenvalue weighted by Gasteiger charge is 2.21.